The molecule has 0 aliphatic carbocycles. The van der Waals surface area contributed by atoms with Crippen LogP contribution in [0.15, 0.2) is 24.3 Å². The van der Waals surface area contributed by atoms with Gasteiger partial charge in [0, 0.05) is 19.3 Å². The summed E-state index contributed by atoms with van der Waals surface area (Å²) in [6, 6.07) is 7.77. The van der Waals surface area contributed by atoms with E-state index in [0.717, 1.165) is 18.5 Å². The Labute approximate surface area is 119 Å². The zero-order valence-corrected chi connectivity index (χ0v) is 12.0. The number of amides is 2. The first-order valence-corrected chi connectivity index (χ1v) is 6.98. The van der Waals surface area contributed by atoms with Gasteiger partial charge in [0.1, 0.15) is 6.04 Å². The van der Waals surface area contributed by atoms with Gasteiger partial charge < -0.3 is 15.5 Å². The number of carbonyl (C=O) groups excluding carboxylic acids is 2. The lowest BCUT2D eigenvalue weighted by Crippen LogP contribution is -2.46. The van der Waals surface area contributed by atoms with Gasteiger partial charge >= 0.3 is 0 Å². The molecule has 1 unspecified atom stereocenters. The van der Waals surface area contributed by atoms with Crippen molar-refractivity contribution in [2.75, 3.05) is 25.5 Å². The number of nitrogens with zero attached hydrogens (tertiary/aromatic N) is 1. The third-order valence-corrected chi connectivity index (χ3v) is 3.48. The minimum atomic E-state index is -0.246. The number of carbonyl (C=O) groups is 2. The highest BCUT2D eigenvalue weighted by molar-refractivity contribution is 5.89. The second-order valence-corrected chi connectivity index (χ2v) is 5.04. The van der Waals surface area contributed by atoms with E-state index in [0.29, 0.717) is 6.54 Å². The van der Waals surface area contributed by atoms with Gasteiger partial charge in [-0.3, -0.25) is 9.59 Å². The van der Waals surface area contributed by atoms with Gasteiger partial charge in [0.15, 0.2) is 0 Å². The molecule has 0 fully saturated rings. The number of fused-ring (bicyclic) bond motifs is 1. The molecule has 0 bridgehead atoms. The van der Waals surface area contributed by atoms with Crippen molar-refractivity contribution in [1.82, 2.24) is 10.2 Å². The highest BCUT2D eigenvalue weighted by Crippen LogP contribution is 2.24. The molecule has 5 heteroatoms. The Morgan fingerprint density at radius 3 is 2.90 bits per heavy atom. The Hall–Kier alpha value is -2.04. The van der Waals surface area contributed by atoms with Crippen molar-refractivity contribution in [2.24, 2.45) is 0 Å². The summed E-state index contributed by atoms with van der Waals surface area (Å²) >= 11 is 0. The third kappa shape index (κ3) is 3.29. The molecule has 0 aromatic heterocycles. The first-order valence-electron chi connectivity index (χ1n) is 6.98. The van der Waals surface area contributed by atoms with Crippen LogP contribution in [0.2, 0.25) is 0 Å². The van der Waals surface area contributed by atoms with Crippen LogP contribution in [0.3, 0.4) is 0 Å². The van der Waals surface area contributed by atoms with Crippen LogP contribution in [-0.4, -0.2) is 42.9 Å². The van der Waals surface area contributed by atoms with Gasteiger partial charge in [0.25, 0.3) is 0 Å². The van der Waals surface area contributed by atoms with Gasteiger partial charge in [-0.05, 0) is 31.4 Å². The Bertz CT molecular complexity index is 502. The summed E-state index contributed by atoms with van der Waals surface area (Å²) in [5.74, 6) is -0.162. The Morgan fingerprint density at radius 2 is 2.15 bits per heavy atom. The van der Waals surface area contributed by atoms with E-state index < -0.39 is 0 Å². The monoisotopic (exact) mass is 275 g/mol. The molecule has 0 saturated carbocycles. The van der Waals surface area contributed by atoms with Crippen LogP contribution < -0.4 is 10.6 Å². The normalized spacial score (nSPS) is 16.8. The maximum atomic E-state index is 12.3. The van der Waals surface area contributed by atoms with E-state index in [9.17, 15) is 9.59 Å². The maximum Gasteiger partial charge on any atom is 0.245 e. The summed E-state index contributed by atoms with van der Waals surface area (Å²) in [6.07, 6.45) is 1.64. The summed E-state index contributed by atoms with van der Waals surface area (Å²) in [4.78, 5) is 25.3. The van der Waals surface area contributed by atoms with Crippen LogP contribution in [0.4, 0.5) is 5.69 Å². The van der Waals surface area contributed by atoms with Crippen LogP contribution in [0.1, 0.15) is 18.9 Å². The zero-order valence-electron chi connectivity index (χ0n) is 12.0. The van der Waals surface area contributed by atoms with Gasteiger partial charge in [-0.2, -0.15) is 0 Å². The van der Waals surface area contributed by atoms with Gasteiger partial charge in [-0.25, -0.2) is 0 Å². The molecule has 20 heavy (non-hydrogen) atoms. The molecule has 0 saturated heterocycles. The maximum absolute atomic E-state index is 12.3. The van der Waals surface area contributed by atoms with E-state index in [1.807, 2.05) is 25.1 Å². The molecule has 2 amide bonds. The van der Waals surface area contributed by atoms with Crippen molar-refractivity contribution in [1.29, 1.82) is 0 Å². The lowest BCUT2D eigenvalue weighted by molar-refractivity contribution is -0.135. The molecule has 1 aromatic rings. The first-order chi connectivity index (χ1) is 9.61. The van der Waals surface area contributed by atoms with Crippen molar-refractivity contribution in [3.8, 4) is 0 Å². The van der Waals surface area contributed by atoms with Crippen LogP contribution in [0.5, 0.6) is 0 Å². The van der Waals surface area contributed by atoms with Crippen LogP contribution >= 0.6 is 0 Å². The fraction of sp³-hybridized carbons (Fsp3) is 0.467. The van der Waals surface area contributed by atoms with Crippen molar-refractivity contribution in [2.45, 2.75) is 25.8 Å². The predicted octanol–water partition coefficient (Wildman–Crippen LogP) is 1.01. The number of rotatable bonds is 4. The van der Waals surface area contributed by atoms with E-state index in [1.54, 1.807) is 7.05 Å². The van der Waals surface area contributed by atoms with Gasteiger partial charge in [0.05, 0.1) is 6.54 Å². The van der Waals surface area contributed by atoms with E-state index in [4.69, 9.17) is 0 Å². The zero-order chi connectivity index (χ0) is 14.5. The number of para-hydroxylation sites is 1. The fourth-order valence-electron chi connectivity index (χ4n) is 2.44. The number of hydrogen-bond acceptors (Lipinski definition) is 3. The fourth-order valence-corrected chi connectivity index (χ4v) is 2.44. The standard InChI is InChI=1S/C15H21N3O2/c1-3-16-14(19)10-18(2)15(20)13-9-8-11-6-4-5-7-12(11)17-13/h4-7,13,17H,3,8-10H2,1-2H3,(H,16,19). The van der Waals surface area contributed by atoms with Crippen LogP contribution in [0, 0.1) is 0 Å². The number of anilines is 1. The van der Waals surface area contributed by atoms with Crippen molar-refractivity contribution in [3.05, 3.63) is 29.8 Å². The molecule has 2 rings (SSSR count). The predicted molar refractivity (Wildman–Crippen MR) is 78.5 cm³/mol. The number of likely N-dealkylation sites (N-methyl/N-ethyl adjacent to an activating group) is 2. The lowest BCUT2D eigenvalue weighted by Gasteiger charge is -2.29. The second kappa shape index (κ2) is 6.41. The summed E-state index contributed by atoms with van der Waals surface area (Å²) < 4.78 is 0. The summed E-state index contributed by atoms with van der Waals surface area (Å²) in [6.45, 7) is 2.54. The van der Waals surface area contributed by atoms with Gasteiger partial charge in [-0.15, -0.1) is 0 Å². The number of benzene rings is 1. The van der Waals surface area contributed by atoms with Crippen molar-refractivity contribution >= 4 is 17.5 Å². The largest absolute Gasteiger partial charge is 0.373 e. The minimum absolute atomic E-state index is 0.0363. The van der Waals surface area contributed by atoms with Crippen LogP contribution in [-0.2, 0) is 16.0 Å². The number of aryl methyl sites for hydroxylation is 1. The molecule has 108 valence electrons. The van der Waals surface area contributed by atoms with E-state index in [2.05, 4.69) is 16.7 Å². The van der Waals surface area contributed by atoms with E-state index in [-0.39, 0.29) is 24.4 Å². The average Bonchev–Trinajstić information content (AvgIpc) is 2.46. The summed E-state index contributed by atoms with van der Waals surface area (Å²) in [5, 5.41) is 5.96. The molecule has 1 heterocycles. The molecule has 2 N–H and O–H groups in total. The van der Waals surface area contributed by atoms with Gasteiger partial charge in [-0.1, -0.05) is 18.2 Å². The van der Waals surface area contributed by atoms with Crippen molar-refractivity contribution < 1.29 is 9.59 Å². The average molecular weight is 275 g/mol. The Morgan fingerprint density at radius 1 is 1.40 bits per heavy atom. The summed E-state index contributed by atoms with van der Waals surface area (Å²) in [5.41, 5.74) is 2.26. The molecular formula is C15H21N3O2. The first kappa shape index (κ1) is 14.4. The molecule has 1 aliphatic rings. The van der Waals surface area contributed by atoms with Crippen molar-refractivity contribution in [3.63, 3.8) is 0 Å². The second-order valence-electron chi connectivity index (χ2n) is 5.04. The lowest BCUT2D eigenvalue weighted by atomic mass is 9.97. The number of nitrogens with one attached hydrogen (secondary N) is 2. The Kier molecular flexibility index (Phi) is 4.61. The molecular weight excluding hydrogens is 254 g/mol. The SMILES string of the molecule is CCNC(=O)CN(C)C(=O)C1CCc2ccccc2N1. The van der Waals surface area contributed by atoms with E-state index >= 15 is 0 Å². The molecule has 1 aromatic carbocycles. The van der Waals surface area contributed by atoms with Crippen LogP contribution in [0.25, 0.3) is 0 Å². The molecule has 5 nitrogen and oxygen atoms in total. The highest BCUT2D eigenvalue weighted by atomic mass is 16.2. The molecule has 0 radical (unpaired) electrons. The topological polar surface area (TPSA) is 61.4 Å². The molecule has 0 spiro atoms. The Balaban J connectivity index is 1.95. The highest BCUT2D eigenvalue weighted by Gasteiger charge is 2.26. The molecule has 1 aliphatic heterocycles. The summed E-state index contributed by atoms with van der Waals surface area (Å²) in [7, 11) is 1.67. The quantitative estimate of drug-likeness (QED) is 0.862. The molecule has 1 atom stereocenters. The smallest absolute Gasteiger partial charge is 0.245 e. The minimum Gasteiger partial charge on any atom is -0.373 e. The third-order valence-electron chi connectivity index (χ3n) is 3.48. The van der Waals surface area contributed by atoms with Gasteiger partial charge in [0.2, 0.25) is 11.8 Å². The van der Waals surface area contributed by atoms with E-state index in [1.165, 1.54) is 10.5 Å². The number of hydrogen-bond donors (Lipinski definition) is 2.